The van der Waals surface area contributed by atoms with E-state index in [-0.39, 0.29) is 5.56 Å². The summed E-state index contributed by atoms with van der Waals surface area (Å²) >= 11 is 0. The molecule has 0 aliphatic rings. The van der Waals surface area contributed by atoms with Crippen LogP contribution in [0.1, 0.15) is 5.56 Å². The summed E-state index contributed by atoms with van der Waals surface area (Å²) in [5.41, 5.74) is 1.81. The van der Waals surface area contributed by atoms with E-state index in [0.717, 1.165) is 5.56 Å². The lowest BCUT2D eigenvalue weighted by atomic mass is 10.2. The van der Waals surface area contributed by atoms with Gasteiger partial charge in [0.1, 0.15) is 0 Å². The summed E-state index contributed by atoms with van der Waals surface area (Å²) in [5, 5.41) is 3.10. The summed E-state index contributed by atoms with van der Waals surface area (Å²) in [6.07, 6.45) is 1.58. The van der Waals surface area contributed by atoms with Gasteiger partial charge in [0.05, 0.1) is 6.33 Å². The zero-order valence-electron chi connectivity index (χ0n) is 10.4. The number of aromatic nitrogens is 4. The van der Waals surface area contributed by atoms with E-state index in [9.17, 15) is 4.79 Å². The van der Waals surface area contributed by atoms with Gasteiger partial charge in [0.25, 0.3) is 5.56 Å². The van der Waals surface area contributed by atoms with Gasteiger partial charge < -0.3 is 9.88 Å². The molecule has 2 aromatic heterocycles. The summed E-state index contributed by atoms with van der Waals surface area (Å²) in [5.74, 6) is 0.449. The van der Waals surface area contributed by atoms with Crippen LogP contribution in [0.2, 0.25) is 0 Å². The summed E-state index contributed by atoms with van der Waals surface area (Å²) in [4.78, 5) is 22.8. The van der Waals surface area contributed by atoms with E-state index in [4.69, 9.17) is 0 Å². The van der Waals surface area contributed by atoms with Crippen molar-refractivity contribution in [3.63, 3.8) is 0 Å². The molecule has 1 aromatic carbocycles. The van der Waals surface area contributed by atoms with Crippen molar-refractivity contribution in [2.75, 3.05) is 5.32 Å². The van der Waals surface area contributed by atoms with Crippen molar-refractivity contribution >= 4 is 17.1 Å². The predicted octanol–water partition coefficient (Wildman–Crippen LogP) is 1.27. The van der Waals surface area contributed by atoms with E-state index in [1.165, 1.54) is 0 Å². The number of nitrogens with one attached hydrogen (secondary N) is 2. The van der Waals surface area contributed by atoms with Crippen molar-refractivity contribution < 1.29 is 0 Å². The van der Waals surface area contributed by atoms with Crippen LogP contribution in [0.15, 0.2) is 41.5 Å². The lowest BCUT2D eigenvalue weighted by Gasteiger charge is -2.05. The number of hydrogen-bond donors (Lipinski definition) is 2. The van der Waals surface area contributed by atoms with Gasteiger partial charge in [-0.2, -0.15) is 4.98 Å². The topological polar surface area (TPSA) is 75.6 Å². The van der Waals surface area contributed by atoms with E-state index in [1.807, 2.05) is 37.4 Å². The summed E-state index contributed by atoms with van der Waals surface area (Å²) in [7, 11) is 1.81. The molecule has 0 amide bonds. The summed E-state index contributed by atoms with van der Waals surface area (Å²) in [6, 6.07) is 9.92. The SMILES string of the molecule is Cn1cnc2c(=O)[nH]c(NCc3ccccc3)nc21. The molecular formula is C13H13N5O. The standard InChI is InChI=1S/C13H13N5O/c1-18-8-15-10-11(18)16-13(17-12(10)19)14-7-9-5-3-2-4-6-9/h2-6,8H,7H2,1H3,(H2,14,16,17,19). The quantitative estimate of drug-likeness (QED) is 0.739. The average Bonchev–Trinajstić information content (AvgIpc) is 2.80. The zero-order chi connectivity index (χ0) is 13.2. The first-order chi connectivity index (χ1) is 9.24. The normalized spacial score (nSPS) is 10.8. The van der Waals surface area contributed by atoms with E-state index in [1.54, 1.807) is 10.9 Å². The molecule has 3 rings (SSSR count). The Hall–Kier alpha value is -2.63. The summed E-state index contributed by atoms with van der Waals surface area (Å²) < 4.78 is 1.72. The molecule has 6 heteroatoms. The third-order valence-corrected chi connectivity index (χ3v) is 2.87. The largest absolute Gasteiger partial charge is 0.352 e. The first-order valence-electron chi connectivity index (χ1n) is 5.93. The van der Waals surface area contributed by atoms with Gasteiger partial charge in [-0.3, -0.25) is 9.78 Å². The van der Waals surface area contributed by atoms with Gasteiger partial charge in [-0.05, 0) is 5.56 Å². The van der Waals surface area contributed by atoms with Crippen molar-refractivity contribution in [2.45, 2.75) is 6.54 Å². The van der Waals surface area contributed by atoms with Gasteiger partial charge >= 0.3 is 0 Å². The number of aryl methyl sites for hydroxylation is 1. The molecular weight excluding hydrogens is 242 g/mol. The Kier molecular flexibility index (Phi) is 2.75. The molecule has 0 aliphatic carbocycles. The van der Waals surface area contributed by atoms with Gasteiger partial charge in [-0.1, -0.05) is 30.3 Å². The van der Waals surface area contributed by atoms with Gasteiger partial charge in [-0.25, -0.2) is 4.98 Å². The van der Waals surface area contributed by atoms with E-state index >= 15 is 0 Å². The molecule has 0 unspecified atom stereocenters. The maximum absolute atomic E-state index is 11.8. The number of rotatable bonds is 3. The monoisotopic (exact) mass is 255 g/mol. The third-order valence-electron chi connectivity index (χ3n) is 2.87. The predicted molar refractivity (Wildman–Crippen MR) is 72.9 cm³/mol. The second-order valence-corrected chi connectivity index (χ2v) is 4.28. The molecule has 2 N–H and O–H groups in total. The van der Waals surface area contributed by atoms with Crippen LogP contribution in [0, 0.1) is 0 Å². The van der Waals surface area contributed by atoms with Crippen LogP contribution in [0.5, 0.6) is 0 Å². The van der Waals surface area contributed by atoms with Gasteiger partial charge in [0.15, 0.2) is 11.2 Å². The van der Waals surface area contributed by atoms with Crippen LogP contribution >= 0.6 is 0 Å². The van der Waals surface area contributed by atoms with Crippen molar-refractivity contribution in [3.05, 3.63) is 52.6 Å². The lowest BCUT2D eigenvalue weighted by Crippen LogP contribution is -2.13. The Labute approximate surface area is 109 Å². The van der Waals surface area contributed by atoms with Crippen LogP contribution in [-0.2, 0) is 13.6 Å². The maximum atomic E-state index is 11.8. The minimum Gasteiger partial charge on any atom is -0.352 e. The molecule has 0 saturated carbocycles. The Morgan fingerprint density at radius 1 is 1.32 bits per heavy atom. The molecule has 0 radical (unpaired) electrons. The van der Waals surface area contributed by atoms with E-state index in [2.05, 4.69) is 20.3 Å². The number of hydrogen-bond acceptors (Lipinski definition) is 4. The smallest absolute Gasteiger partial charge is 0.280 e. The number of aromatic amines is 1. The lowest BCUT2D eigenvalue weighted by molar-refractivity contribution is 0.925. The molecule has 6 nitrogen and oxygen atoms in total. The molecule has 0 aliphatic heterocycles. The van der Waals surface area contributed by atoms with Crippen LogP contribution in [0.3, 0.4) is 0 Å². The molecule has 0 atom stereocenters. The third kappa shape index (κ3) is 2.20. The van der Waals surface area contributed by atoms with Gasteiger partial charge in [0, 0.05) is 13.6 Å². The Balaban J connectivity index is 1.89. The molecule has 96 valence electrons. The van der Waals surface area contributed by atoms with Crippen LogP contribution in [-0.4, -0.2) is 19.5 Å². The van der Waals surface area contributed by atoms with Crippen LogP contribution in [0.4, 0.5) is 5.95 Å². The number of benzene rings is 1. The fraction of sp³-hybridized carbons (Fsp3) is 0.154. The number of imidazole rings is 1. The fourth-order valence-electron chi connectivity index (χ4n) is 1.88. The van der Waals surface area contributed by atoms with Gasteiger partial charge in [0.2, 0.25) is 5.95 Å². The highest BCUT2D eigenvalue weighted by Crippen LogP contribution is 2.07. The molecule has 3 aromatic rings. The maximum Gasteiger partial charge on any atom is 0.280 e. The fourth-order valence-corrected chi connectivity index (χ4v) is 1.88. The summed E-state index contributed by atoms with van der Waals surface area (Å²) in [6.45, 7) is 0.604. The second-order valence-electron chi connectivity index (χ2n) is 4.28. The minimum atomic E-state index is -0.235. The van der Waals surface area contributed by atoms with E-state index < -0.39 is 0 Å². The number of nitrogens with zero attached hydrogens (tertiary/aromatic N) is 3. The van der Waals surface area contributed by atoms with Crippen molar-refractivity contribution in [1.82, 2.24) is 19.5 Å². The van der Waals surface area contributed by atoms with Gasteiger partial charge in [-0.15, -0.1) is 0 Å². The highest BCUT2D eigenvalue weighted by molar-refractivity contribution is 5.70. The van der Waals surface area contributed by atoms with Crippen LogP contribution in [0.25, 0.3) is 11.2 Å². The molecule has 0 bridgehead atoms. The average molecular weight is 255 g/mol. The highest BCUT2D eigenvalue weighted by Gasteiger charge is 2.07. The highest BCUT2D eigenvalue weighted by atomic mass is 16.1. The molecule has 0 spiro atoms. The van der Waals surface area contributed by atoms with Crippen molar-refractivity contribution in [2.24, 2.45) is 7.05 Å². The van der Waals surface area contributed by atoms with E-state index in [0.29, 0.717) is 23.7 Å². The van der Waals surface area contributed by atoms with Crippen molar-refractivity contribution in [3.8, 4) is 0 Å². The molecule has 0 fully saturated rings. The van der Waals surface area contributed by atoms with Crippen molar-refractivity contribution in [1.29, 1.82) is 0 Å². The number of H-pyrrole nitrogens is 1. The first kappa shape index (κ1) is 11.5. The Morgan fingerprint density at radius 3 is 2.89 bits per heavy atom. The van der Waals surface area contributed by atoms with Crippen LogP contribution < -0.4 is 10.9 Å². The Morgan fingerprint density at radius 2 is 2.11 bits per heavy atom. The molecule has 0 saturated heterocycles. The second kappa shape index (κ2) is 4.56. The first-order valence-corrected chi connectivity index (χ1v) is 5.93. The minimum absolute atomic E-state index is 0.235. The molecule has 19 heavy (non-hydrogen) atoms. The zero-order valence-corrected chi connectivity index (χ0v) is 10.4. The number of anilines is 1. The Bertz CT molecular complexity index is 760. The number of fused-ring (bicyclic) bond motifs is 1. The molecule has 2 heterocycles.